The molecule has 0 radical (unpaired) electrons. The van der Waals surface area contributed by atoms with E-state index in [1.807, 2.05) is 0 Å². The van der Waals surface area contributed by atoms with Crippen LogP contribution in [0.3, 0.4) is 0 Å². The Morgan fingerprint density at radius 1 is 0.675 bits per heavy atom. The summed E-state index contributed by atoms with van der Waals surface area (Å²) in [4.78, 5) is 0. The largest absolute Gasteiger partial charge is 0.0836 e. The summed E-state index contributed by atoms with van der Waals surface area (Å²) in [6.07, 6.45) is 24.3. The van der Waals surface area contributed by atoms with Crippen LogP contribution in [-0.4, -0.2) is 0 Å². The standard InChI is InChI=1S/C40H34/c1-4-14-29(15-5-1)38(30-16-6-2-7-17-30)39(31-18-8-3-9-19-31)32-24-26-33(27-25-32)40-36-22-12-10-20-34(36)28-35-21-11-13-23-37(35)40/h1-10,12,14-18,20-24,26,28,31H,11,13,19,25,27H2. The molecule has 1 unspecified atom stereocenters. The first-order valence-corrected chi connectivity index (χ1v) is 14.7. The summed E-state index contributed by atoms with van der Waals surface area (Å²) in [6.45, 7) is 0. The molecule has 3 aliphatic carbocycles. The zero-order valence-electron chi connectivity index (χ0n) is 22.9. The SMILES string of the molecule is C1=CCC(C(C2=CC=C(c3c4c(cc5ccccc35)=CCCC=4)CC2)=C(c2ccccc2)c2ccccc2)C=C1. The van der Waals surface area contributed by atoms with Gasteiger partial charge in [0.25, 0.3) is 0 Å². The molecule has 0 spiro atoms. The summed E-state index contributed by atoms with van der Waals surface area (Å²) in [6, 6.07) is 33.3. The molecule has 4 aromatic rings. The Morgan fingerprint density at radius 2 is 1.40 bits per heavy atom. The maximum atomic E-state index is 2.46. The summed E-state index contributed by atoms with van der Waals surface area (Å²) < 4.78 is 0. The number of hydrogen-bond donors (Lipinski definition) is 0. The molecular weight excluding hydrogens is 480 g/mol. The van der Waals surface area contributed by atoms with Gasteiger partial charge in [-0.05, 0) is 98.4 Å². The van der Waals surface area contributed by atoms with Crippen LogP contribution < -0.4 is 10.4 Å². The number of benzene rings is 4. The van der Waals surface area contributed by atoms with Gasteiger partial charge in [0.05, 0.1) is 0 Å². The fraction of sp³-hybridized carbons (Fsp3) is 0.150. The number of rotatable bonds is 5. The van der Waals surface area contributed by atoms with Gasteiger partial charge in [-0.25, -0.2) is 0 Å². The van der Waals surface area contributed by atoms with Crippen molar-refractivity contribution in [2.75, 3.05) is 0 Å². The second-order valence-electron chi connectivity index (χ2n) is 11.0. The molecule has 0 nitrogen and oxygen atoms in total. The molecule has 0 bridgehead atoms. The number of fused-ring (bicyclic) bond motifs is 2. The van der Waals surface area contributed by atoms with Crippen molar-refractivity contribution in [2.24, 2.45) is 5.92 Å². The van der Waals surface area contributed by atoms with Crippen molar-refractivity contribution in [1.82, 2.24) is 0 Å². The van der Waals surface area contributed by atoms with Crippen LogP contribution in [0.5, 0.6) is 0 Å². The number of allylic oxidation sites excluding steroid dienone is 9. The lowest BCUT2D eigenvalue weighted by atomic mass is 9.76. The van der Waals surface area contributed by atoms with E-state index in [0.29, 0.717) is 5.92 Å². The molecule has 3 aliphatic rings. The summed E-state index contributed by atoms with van der Waals surface area (Å²) in [5, 5.41) is 5.54. The van der Waals surface area contributed by atoms with E-state index in [9.17, 15) is 0 Å². The highest BCUT2D eigenvalue weighted by Gasteiger charge is 2.24. The normalized spacial score (nSPS) is 17.8. The lowest BCUT2D eigenvalue weighted by Gasteiger charge is -2.28. The van der Waals surface area contributed by atoms with Gasteiger partial charge in [-0.2, -0.15) is 0 Å². The van der Waals surface area contributed by atoms with Gasteiger partial charge < -0.3 is 0 Å². The van der Waals surface area contributed by atoms with Crippen LogP contribution in [0.1, 0.15) is 48.8 Å². The van der Waals surface area contributed by atoms with Crippen molar-refractivity contribution >= 4 is 34.1 Å². The van der Waals surface area contributed by atoms with E-state index in [-0.39, 0.29) is 0 Å². The molecular formula is C40H34. The number of hydrogen-bond acceptors (Lipinski definition) is 0. The summed E-state index contributed by atoms with van der Waals surface area (Å²) in [5.74, 6) is 0.356. The fourth-order valence-electron chi connectivity index (χ4n) is 6.72. The second kappa shape index (κ2) is 11.0. The molecule has 4 aromatic carbocycles. The highest BCUT2D eigenvalue weighted by molar-refractivity contribution is 5.95. The molecule has 0 saturated heterocycles. The monoisotopic (exact) mass is 514 g/mol. The van der Waals surface area contributed by atoms with Crippen LogP contribution in [0.4, 0.5) is 0 Å². The minimum atomic E-state index is 0.356. The Kier molecular flexibility index (Phi) is 6.76. The molecule has 40 heavy (non-hydrogen) atoms. The molecule has 0 N–H and O–H groups in total. The maximum Gasteiger partial charge on any atom is 0.00648 e. The van der Waals surface area contributed by atoms with Crippen molar-refractivity contribution in [3.63, 3.8) is 0 Å². The molecule has 0 aromatic heterocycles. The highest BCUT2D eigenvalue weighted by Crippen LogP contribution is 2.42. The third kappa shape index (κ3) is 4.65. The minimum absolute atomic E-state index is 0.356. The van der Waals surface area contributed by atoms with E-state index >= 15 is 0 Å². The highest BCUT2D eigenvalue weighted by atomic mass is 14.3. The molecule has 0 heteroatoms. The molecule has 0 saturated carbocycles. The van der Waals surface area contributed by atoms with Crippen molar-refractivity contribution in [3.8, 4) is 0 Å². The third-order valence-electron chi connectivity index (χ3n) is 8.56. The Morgan fingerprint density at radius 3 is 2.10 bits per heavy atom. The first-order valence-electron chi connectivity index (χ1n) is 14.7. The molecule has 194 valence electrons. The zero-order chi connectivity index (χ0) is 26.7. The van der Waals surface area contributed by atoms with E-state index < -0.39 is 0 Å². The van der Waals surface area contributed by atoms with Gasteiger partial charge >= 0.3 is 0 Å². The van der Waals surface area contributed by atoms with Crippen molar-refractivity contribution < 1.29 is 0 Å². The molecule has 0 fully saturated rings. The van der Waals surface area contributed by atoms with Gasteiger partial charge in [-0.3, -0.25) is 0 Å². The van der Waals surface area contributed by atoms with Crippen LogP contribution in [0.25, 0.3) is 34.1 Å². The van der Waals surface area contributed by atoms with Gasteiger partial charge in [-0.1, -0.05) is 134 Å². The first-order chi connectivity index (χ1) is 19.9. The van der Waals surface area contributed by atoms with Gasteiger partial charge in [-0.15, -0.1) is 0 Å². The molecule has 0 heterocycles. The van der Waals surface area contributed by atoms with Crippen LogP contribution in [0.2, 0.25) is 0 Å². The van der Waals surface area contributed by atoms with E-state index in [4.69, 9.17) is 0 Å². The van der Waals surface area contributed by atoms with Gasteiger partial charge in [0.1, 0.15) is 0 Å². The Balaban J connectivity index is 1.44. The van der Waals surface area contributed by atoms with Crippen molar-refractivity contribution in [1.29, 1.82) is 0 Å². The van der Waals surface area contributed by atoms with Crippen LogP contribution in [0, 0.1) is 5.92 Å². The Labute approximate surface area is 237 Å². The Bertz CT molecular complexity index is 1800. The summed E-state index contributed by atoms with van der Waals surface area (Å²) in [7, 11) is 0. The topological polar surface area (TPSA) is 0 Å². The van der Waals surface area contributed by atoms with Crippen LogP contribution >= 0.6 is 0 Å². The smallest absolute Gasteiger partial charge is 0.00648 e. The average Bonchev–Trinajstić information content (AvgIpc) is 3.04. The fourth-order valence-corrected chi connectivity index (χ4v) is 6.72. The lowest BCUT2D eigenvalue weighted by molar-refractivity contribution is 0.760. The molecule has 0 amide bonds. The quantitative estimate of drug-likeness (QED) is 0.249. The van der Waals surface area contributed by atoms with E-state index in [1.54, 1.807) is 0 Å². The predicted octanol–water partition coefficient (Wildman–Crippen LogP) is 8.93. The summed E-state index contributed by atoms with van der Waals surface area (Å²) in [5.41, 5.74) is 9.76. The van der Waals surface area contributed by atoms with Gasteiger partial charge in [0, 0.05) is 5.92 Å². The zero-order valence-corrected chi connectivity index (χ0v) is 22.9. The Hall–Kier alpha value is -4.42. The van der Waals surface area contributed by atoms with Crippen LogP contribution in [-0.2, 0) is 0 Å². The minimum Gasteiger partial charge on any atom is -0.0836 e. The van der Waals surface area contributed by atoms with Gasteiger partial charge in [0.15, 0.2) is 0 Å². The van der Waals surface area contributed by atoms with E-state index in [0.717, 1.165) is 32.1 Å². The van der Waals surface area contributed by atoms with Crippen LogP contribution in [0.15, 0.2) is 139 Å². The molecule has 7 rings (SSSR count). The maximum absolute atomic E-state index is 2.46. The lowest BCUT2D eigenvalue weighted by Crippen LogP contribution is -2.30. The predicted molar refractivity (Wildman–Crippen MR) is 172 cm³/mol. The average molecular weight is 515 g/mol. The first kappa shape index (κ1) is 24.6. The van der Waals surface area contributed by atoms with E-state index in [2.05, 4.69) is 140 Å². The van der Waals surface area contributed by atoms with Crippen molar-refractivity contribution in [3.05, 3.63) is 166 Å². The summed E-state index contributed by atoms with van der Waals surface area (Å²) >= 11 is 0. The third-order valence-corrected chi connectivity index (χ3v) is 8.56. The second-order valence-corrected chi connectivity index (χ2v) is 11.0. The van der Waals surface area contributed by atoms with Crippen molar-refractivity contribution in [2.45, 2.75) is 32.1 Å². The molecule has 1 atom stereocenters. The van der Waals surface area contributed by atoms with E-state index in [1.165, 1.54) is 60.2 Å². The van der Waals surface area contributed by atoms with Gasteiger partial charge in [0.2, 0.25) is 0 Å². The molecule has 0 aliphatic heterocycles.